The van der Waals surface area contributed by atoms with Crippen molar-refractivity contribution in [2.45, 2.75) is 60.5 Å². The number of carbonyl (C=O) groups is 1. The summed E-state index contributed by atoms with van der Waals surface area (Å²) in [5.74, 6) is -0.00588. The average molecular weight is 362 g/mol. The second kappa shape index (κ2) is 9.52. The molecule has 1 fully saturated rings. The summed E-state index contributed by atoms with van der Waals surface area (Å²) in [7, 11) is 2.17. The van der Waals surface area contributed by atoms with E-state index in [2.05, 4.69) is 62.0 Å². The van der Waals surface area contributed by atoms with Gasteiger partial charge in [0, 0.05) is 43.8 Å². The van der Waals surface area contributed by atoms with Crippen LogP contribution < -0.4 is 5.32 Å². The Morgan fingerprint density at radius 2 is 1.38 bits per heavy atom. The molecule has 0 spiro atoms. The van der Waals surface area contributed by atoms with Gasteiger partial charge in [0.15, 0.2) is 0 Å². The zero-order chi connectivity index (χ0) is 20.0. The van der Waals surface area contributed by atoms with Gasteiger partial charge in [0.2, 0.25) is 0 Å². The van der Waals surface area contributed by atoms with Crippen molar-refractivity contribution in [3.63, 3.8) is 0 Å². The Bertz CT molecular complexity index is 538. The Morgan fingerprint density at radius 3 is 1.81 bits per heavy atom. The van der Waals surface area contributed by atoms with E-state index in [0.717, 1.165) is 38.3 Å². The third-order valence-corrected chi connectivity index (χ3v) is 3.71. The van der Waals surface area contributed by atoms with Crippen LogP contribution in [0, 0.1) is 5.41 Å². The fourth-order valence-corrected chi connectivity index (χ4v) is 2.44. The second-order valence-corrected chi connectivity index (χ2v) is 9.98. The summed E-state index contributed by atoms with van der Waals surface area (Å²) < 4.78 is 0. The molecule has 0 saturated carbocycles. The van der Waals surface area contributed by atoms with Gasteiger partial charge >= 0.3 is 0 Å². The first-order chi connectivity index (χ1) is 11.8. The number of nitrogens with one attached hydrogen (secondary N) is 1. The molecular weight excluding hydrogens is 322 g/mol. The van der Waals surface area contributed by atoms with Crippen molar-refractivity contribution >= 4 is 5.91 Å². The zero-order valence-corrected chi connectivity index (χ0v) is 18.1. The predicted molar refractivity (Wildman–Crippen MR) is 112 cm³/mol. The van der Waals surface area contributed by atoms with E-state index in [1.807, 2.05) is 32.9 Å². The number of amides is 1. The molecule has 1 aliphatic heterocycles. The smallest absolute Gasteiger partial charge is 0.251 e. The minimum absolute atomic E-state index is 0.00588. The summed E-state index contributed by atoms with van der Waals surface area (Å²) in [6.07, 6.45) is 0. The van der Waals surface area contributed by atoms with Crippen LogP contribution in [-0.2, 0) is 6.54 Å². The summed E-state index contributed by atoms with van der Waals surface area (Å²) in [5, 5.41) is 2.99. The van der Waals surface area contributed by atoms with Gasteiger partial charge in [0.1, 0.15) is 0 Å². The van der Waals surface area contributed by atoms with E-state index in [-0.39, 0.29) is 11.4 Å². The van der Waals surface area contributed by atoms with Gasteiger partial charge in [-0.1, -0.05) is 39.8 Å². The summed E-state index contributed by atoms with van der Waals surface area (Å²) >= 11 is 0. The average Bonchev–Trinajstić information content (AvgIpc) is 2.47. The van der Waals surface area contributed by atoms with Gasteiger partial charge in [0.05, 0.1) is 0 Å². The molecule has 1 N–H and O–H groups in total. The molecule has 2 rings (SSSR count). The molecule has 0 aromatic heterocycles. The fraction of sp³-hybridized carbons (Fsp3) is 0.682. The van der Waals surface area contributed by atoms with Crippen LogP contribution in [0.1, 0.15) is 64.4 Å². The first-order valence-corrected chi connectivity index (χ1v) is 9.66. The van der Waals surface area contributed by atoms with Gasteiger partial charge < -0.3 is 10.2 Å². The molecule has 148 valence electrons. The van der Waals surface area contributed by atoms with Gasteiger partial charge in [-0.25, -0.2) is 0 Å². The Morgan fingerprint density at radius 1 is 0.923 bits per heavy atom. The third-order valence-electron chi connectivity index (χ3n) is 3.71. The molecule has 0 radical (unpaired) electrons. The highest BCUT2D eigenvalue weighted by Gasteiger charge is 2.16. The van der Waals surface area contributed by atoms with Crippen LogP contribution in [0.25, 0.3) is 0 Å². The van der Waals surface area contributed by atoms with E-state index in [1.165, 1.54) is 5.56 Å². The van der Waals surface area contributed by atoms with Crippen LogP contribution >= 0.6 is 0 Å². The topological polar surface area (TPSA) is 35.6 Å². The Kier molecular flexibility index (Phi) is 8.29. The largest absolute Gasteiger partial charge is 0.347 e. The second-order valence-electron chi connectivity index (χ2n) is 9.98. The predicted octanol–water partition coefficient (Wildman–Crippen LogP) is 4.01. The lowest BCUT2D eigenvalue weighted by atomic mass is 10.0. The zero-order valence-electron chi connectivity index (χ0n) is 18.1. The van der Waals surface area contributed by atoms with E-state index < -0.39 is 0 Å². The first kappa shape index (κ1) is 22.7. The normalized spacial score (nSPS) is 16.6. The lowest BCUT2D eigenvalue weighted by molar-refractivity contribution is 0.0919. The monoisotopic (exact) mass is 361 g/mol. The number of nitrogens with zero attached hydrogens (tertiary/aromatic N) is 2. The lowest BCUT2D eigenvalue weighted by Crippen LogP contribution is -2.43. The van der Waals surface area contributed by atoms with E-state index in [4.69, 9.17) is 0 Å². The Labute approximate surface area is 161 Å². The molecule has 0 unspecified atom stereocenters. The summed E-state index contributed by atoms with van der Waals surface area (Å²) in [6, 6.07) is 7.98. The van der Waals surface area contributed by atoms with Gasteiger partial charge in [-0.3, -0.25) is 9.69 Å². The molecule has 4 heteroatoms. The molecule has 1 aromatic rings. The highest BCUT2D eigenvalue weighted by atomic mass is 16.1. The van der Waals surface area contributed by atoms with Gasteiger partial charge in [-0.15, -0.1) is 0 Å². The number of rotatable bonds is 3. The van der Waals surface area contributed by atoms with E-state index >= 15 is 0 Å². The fourth-order valence-electron chi connectivity index (χ4n) is 2.44. The maximum atomic E-state index is 12.1. The summed E-state index contributed by atoms with van der Waals surface area (Å²) in [4.78, 5) is 16.9. The molecule has 0 bridgehead atoms. The number of hydrogen-bond donors (Lipinski definition) is 1. The Hall–Kier alpha value is -1.39. The highest BCUT2D eigenvalue weighted by Crippen LogP contribution is 2.11. The number of likely N-dealkylation sites (N-methyl/N-ethyl adjacent to an activating group) is 1. The number of carbonyl (C=O) groups excluding carboxylic acids is 1. The molecule has 1 amide bonds. The molecule has 26 heavy (non-hydrogen) atoms. The number of hydrogen-bond acceptors (Lipinski definition) is 3. The molecule has 4 nitrogen and oxygen atoms in total. The van der Waals surface area contributed by atoms with Crippen LogP contribution in [0.2, 0.25) is 0 Å². The van der Waals surface area contributed by atoms with Crippen LogP contribution in [0.4, 0.5) is 0 Å². The Balaban J connectivity index is 0.000000597. The van der Waals surface area contributed by atoms with Gasteiger partial charge in [0.25, 0.3) is 5.91 Å². The molecule has 0 atom stereocenters. The quantitative estimate of drug-likeness (QED) is 0.883. The van der Waals surface area contributed by atoms with Crippen molar-refractivity contribution in [1.29, 1.82) is 0 Å². The minimum Gasteiger partial charge on any atom is -0.347 e. The molecule has 1 heterocycles. The number of piperazine rings is 1. The lowest BCUT2D eigenvalue weighted by Gasteiger charge is -2.32. The molecule has 1 aromatic carbocycles. The molecular formula is C22H39N3O. The third kappa shape index (κ3) is 10.6. The van der Waals surface area contributed by atoms with Crippen molar-refractivity contribution in [3.8, 4) is 0 Å². The van der Waals surface area contributed by atoms with Crippen LogP contribution in [-0.4, -0.2) is 54.5 Å². The SMILES string of the molecule is CC(C)(C)C.CN1CCN(Cc2ccc(C(=O)NC(C)(C)C)cc2)CC1. The highest BCUT2D eigenvalue weighted by molar-refractivity contribution is 5.94. The van der Waals surface area contributed by atoms with Crippen molar-refractivity contribution in [2.75, 3.05) is 33.2 Å². The molecule has 0 aliphatic carbocycles. The number of benzene rings is 1. The van der Waals surface area contributed by atoms with Crippen LogP contribution in [0.5, 0.6) is 0 Å². The van der Waals surface area contributed by atoms with Crippen molar-refractivity contribution in [3.05, 3.63) is 35.4 Å². The summed E-state index contributed by atoms with van der Waals surface area (Å²) in [6.45, 7) is 20.2. The maximum absolute atomic E-state index is 12.1. The molecule has 1 aliphatic rings. The maximum Gasteiger partial charge on any atom is 0.251 e. The van der Waals surface area contributed by atoms with Gasteiger partial charge in [-0.2, -0.15) is 0 Å². The standard InChI is InChI=1S/C17H27N3O.C5H12/c1-17(2,3)18-16(21)15-7-5-14(6-8-15)13-20-11-9-19(4)10-12-20;1-5(2,3)4/h5-8H,9-13H2,1-4H3,(H,18,21);1-4H3. The van der Waals surface area contributed by atoms with E-state index in [0.29, 0.717) is 5.41 Å². The molecule has 1 saturated heterocycles. The van der Waals surface area contributed by atoms with Crippen LogP contribution in [0.3, 0.4) is 0 Å². The van der Waals surface area contributed by atoms with E-state index in [9.17, 15) is 4.79 Å². The summed E-state index contributed by atoms with van der Waals surface area (Å²) in [5.41, 5.74) is 2.30. The van der Waals surface area contributed by atoms with Crippen molar-refractivity contribution in [1.82, 2.24) is 15.1 Å². The van der Waals surface area contributed by atoms with Crippen molar-refractivity contribution < 1.29 is 4.79 Å². The minimum atomic E-state index is -0.199. The van der Waals surface area contributed by atoms with E-state index in [1.54, 1.807) is 0 Å². The van der Waals surface area contributed by atoms with Gasteiger partial charge in [-0.05, 0) is 50.9 Å². The van der Waals surface area contributed by atoms with Crippen molar-refractivity contribution in [2.24, 2.45) is 5.41 Å². The first-order valence-electron chi connectivity index (χ1n) is 9.66. The van der Waals surface area contributed by atoms with Crippen LogP contribution in [0.15, 0.2) is 24.3 Å².